The van der Waals surface area contributed by atoms with Gasteiger partial charge in [0.15, 0.2) is 0 Å². The maximum Gasteiger partial charge on any atom is 0.317 e. The minimum absolute atomic E-state index is 0.000567. The Hall–Kier alpha value is -3.15. The molecule has 4 rings (SSSR count). The number of likely N-dealkylation sites (tertiary alicyclic amines) is 1. The van der Waals surface area contributed by atoms with Crippen molar-refractivity contribution in [3.63, 3.8) is 0 Å². The highest BCUT2D eigenvalue weighted by atomic mass is 19.1. The van der Waals surface area contributed by atoms with E-state index < -0.39 is 0 Å². The van der Waals surface area contributed by atoms with E-state index in [9.17, 15) is 9.18 Å². The lowest BCUT2D eigenvalue weighted by molar-refractivity contribution is 0.164. The fourth-order valence-corrected chi connectivity index (χ4v) is 4.22. The van der Waals surface area contributed by atoms with Gasteiger partial charge in [0.1, 0.15) is 11.6 Å². The van der Waals surface area contributed by atoms with Crippen LogP contribution in [-0.2, 0) is 19.5 Å². The van der Waals surface area contributed by atoms with Crippen molar-refractivity contribution in [1.29, 1.82) is 0 Å². The summed E-state index contributed by atoms with van der Waals surface area (Å²) in [6.45, 7) is 4.80. The number of nitrogens with zero attached hydrogens (tertiary/aromatic N) is 3. The van der Waals surface area contributed by atoms with Gasteiger partial charge in [0.2, 0.25) is 0 Å². The van der Waals surface area contributed by atoms with E-state index in [1.165, 1.54) is 12.1 Å². The van der Waals surface area contributed by atoms with Crippen molar-refractivity contribution >= 4 is 6.03 Å². The van der Waals surface area contributed by atoms with Gasteiger partial charge in [0.25, 0.3) is 0 Å². The second kappa shape index (κ2) is 9.77. The number of halogens is 1. The fraction of sp³-hybridized carbons (Fsp3) is 0.360. The Morgan fingerprint density at radius 2 is 1.90 bits per heavy atom. The monoisotopic (exact) mass is 420 g/mol. The number of aromatic nitrogens is 2. The molecule has 1 N–H and O–H groups in total. The van der Waals surface area contributed by atoms with E-state index >= 15 is 0 Å². The average molecular weight is 421 g/mol. The van der Waals surface area contributed by atoms with Gasteiger partial charge in [-0.15, -0.1) is 0 Å². The van der Waals surface area contributed by atoms with Gasteiger partial charge in [-0.2, -0.15) is 0 Å². The summed E-state index contributed by atoms with van der Waals surface area (Å²) in [4.78, 5) is 19.2. The second-order valence-electron chi connectivity index (χ2n) is 8.33. The van der Waals surface area contributed by atoms with Crippen molar-refractivity contribution in [1.82, 2.24) is 19.8 Å². The van der Waals surface area contributed by atoms with Crippen LogP contribution in [0.5, 0.6) is 0 Å². The first-order chi connectivity index (χ1) is 15.1. The van der Waals surface area contributed by atoms with Crippen LogP contribution in [-0.4, -0.2) is 33.6 Å². The Kier molecular flexibility index (Phi) is 6.65. The van der Waals surface area contributed by atoms with Crippen LogP contribution in [0.4, 0.5) is 9.18 Å². The van der Waals surface area contributed by atoms with Crippen LogP contribution in [0.25, 0.3) is 0 Å². The molecule has 31 heavy (non-hydrogen) atoms. The molecule has 2 aromatic carbocycles. The number of amides is 2. The zero-order chi connectivity index (χ0) is 21.6. The van der Waals surface area contributed by atoms with Crippen molar-refractivity contribution in [2.75, 3.05) is 13.1 Å². The number of carbonyl (C=O) groups excluding carboxylic acids is 1. The van der Waals surface area contributed by atoms with E-state index in [-0.39, 0.29) is 11.8 Å². The van der Waals surface area contributed by atoms with Crippen LogP contribution in [0, 0.1) is 18.7 Å². The van der Waals surface area contributed by atoms with Gasteiger partial charge in [0, 0.05) is 44.5 Å². The molecule has 1 fully saturated rings. The van der Waals surface area contributed by atoms with E-state index in [1.54, 1.807) is 0 Å². The third kappa shape index (κ3) is 5.51. The molecule has 0 spiro atoms. The van der Waals surface area contributed by atoms with Crippen molar-refractivity contribution in [3.8, 4) is 0 Å². The smallest absolute Gasteiger partial charge is 0.317 e. The second-order valence-corrected chi connectivity index (χ2v) is 8.33. The Labute approximate surface area is 182 Å². The van der Waals surface area contributed by atoms with Gasteiger partial charge < -0.3 is 14.8 Å². The van der Waals surface area contributed by atoms with Gasteiger partial charge >= 0.3 is 6.03 Å². The number of piperidine rings is 1. The molecule has 0 bridgehead atoms. The summed E-state index contributed by atoms with van der Waals surface area (Å²) in [5.74, 6) is 1.18. The molecule has 5 nitrogen and oxygen atoms in total. The number of carbonyl (C=O) groups is 1. The Balaban J connectivity index is 1.36. The molecule has 1 atom stereocenters. The number of rotatable bonds is 6. The summed E-state index contributed by atoms with van der Waals surface area (Å²) in [5, 5.41) is 3.04. The number of nitrogens with one attached hydrogen (secondary N) is 1. The Morgan fingerprint density at radius 3 is 2.68 bits per heavy atom. The molecular weight excluding hydrogens is 391 g/mol. The summed E-state index contributed by atoms with van der Waals surface area (Å²) in [7, 11) is 0. The minimum atomic E-state index is -0.223. The van der Waals surface area contributed by atoms with Crippen LogP contribution < -0.4 is 5.32 Å². The number of benzene rings is 2. The third-order valence-corrected chi connectivity index (χ3v) is 5.96. The zero-order valence-electron chi connectivity index (χ0n) is 17.9. The fourth-order valence-electron chi connectivity index (χ4n) is 4.22. The van der Waals surface area contributed by atoms with E-state index in [0.717, 1.165) is 55.0 Å². The first-order valence-electron chi connectivity index (χ1n) is 10.9. The van der Waals surface area contributed by atoms with Crippen molar-refractivity contribution in [2.24, 2.45) is 5.92 Å². The zero-order valence-corrected chi connectivity index (χ0v) is 17.9. The molecule has 0 aliphatic carbocycles. The highest BCUT2D eigenvalue weighted by Gasteiger charge is 2.25. The molecule has 3 aromatic rings. The molecule has 0 saturated carbocycles. The molecule has 6 heteroatoms. The summed E-state index contributed by atoms with van der Waals surface area (Å²) in [6, 6.07) is 16.6. The first-order valence-corrected chi connectivity index (χ1v) is 10.9. The highest BCUT2D eigenvalue weighted by Crippen LogP contribution is 2.22. The summed E-state index contributed by atoms with van der Waals surface area (Å²) in [6.07, 6.45) is 4.81. The van der Waals surface area contributed by atoms with Crippen molar-refractivity contribution in [3.05, 3.63) is 89.3 Å². The molecular formula is C25H29FN4O. The predicted molar refractivity (Wildman–Crippen MR) is 119 cm³/mol. The molecule has 1 saturated heterocycles. The van der Waals surface area contributed by atoms with E-state index in [1.807, 2.05) is 60.5 Å². The van der Waals surface area contributed by atoms with E-state index in [2.05, 4.69) is 14.9 Å². The SMILES string of the molecule is Cc1cnc(CC2CCCN(C(=O)NCc3ccccc3)C2)n1Cc1ccc(F)cc1. The Morgan fingerprint density at radius 1 is 1.13 bits per heavy atom. The quantitative estimate of drug-likeness (QED) is 0.636. The molecule has 1 aromatic heterocycles. The first kappa shape index (κ1) is 21.1. The van der Waals surface area contributed by atoms with E-state index in [0.29, 0.717) is 19.0 Å². The van der Waals surface area contributed by atoms with Gasteiger partial charge in [0.05, 0.1) is 0 Å². The number of imidazole rings is 1. The number of hydrogen-bond acceptors (Lipinski definition) is 2. The molecule has 2 amide bonds. The number of hydrogen-bond donors (Lipinski definition) is 1. The largest absolute Gasteiger partial charge is 0.334 e. The highest BCUT2D eigenvalue weighted by molar-refractivity contribution is 5.74. The lowest BCUT2D eigenvalue weighted by Gasteiger charge is -2.33. The third-order valence-electron chi connectivity index (χ3n) is 5.96. The van der Waals surface area contributed by atoms with Gasteiger partial charge in [-0.3, -0.25) is 0 Å². The standard InChI is InChI=1S/C25H29FN4O/c1-19-15-27-24(30(19)18-21-9-11-23(26)12-10-21)14-22-8-5-13-29(17-22)25(31)28-16-20-6-3-2-4-7-20/h2-4,6-7,9-12,15,22H,5,8,13-14,16-18H2,1H3,(H,28,31). The topological polar surface area (TPSA) is 50.2 Å². The van der Waals surface area contributed by atoms with Crippen molar-refractivity contribution in [2.45, 2.75) is 39.3 Å². The maximum atomic E-state index is 13.2. The van der Waals surface area contributed by atoms with Gasteiger partial charge in [-0.1, -0.05) is 42.5 Å². The lowest BCUT2D eigenvalue weighted by atomic mass is 9.94. The van der Waals surface area contributed by atoms with Gasteiger partial charge in [-0.25, -0.2) is 14.2 Å². The van der Waals surface area contributed by atoms with Crippen LogP contribution >= 0.6 is 0 Å². The summed E-state index contributed by atoms with van der Waals surface area (Å²) in [5.41, 5.74) is 3.24. The molecule has 1 aliphatic rings. The van der Waals surface area contributed by atoms with Crippen LogP contribution in [0.3, 0.4) is 0 Å². The molecule has 0 radical (unpaired) electrons. The number of aryl methyl sites for hydroxylation is 1. The van der Waals surface area contributed by atoms with E-state index in [4.69, 9.17) is 0 Å². The van der Waals surface area contributed by atoms with Crippen LogP contribution in [0.1, 0.15) is 35.5 Å². The molecule has 1 unspecified atom stereocenters. The van der Waals surface area contributed by atoms with Crippen LogP contribution in [0.15, 0.2) is 60.8 Å². The Bertz CT molecular complexity index is 1000. The van der Waals surface area contributed by atoms with Crippen molar-refractivity contribution < 1.29 is 9.18 Å². The molecule has 1 aliphatic heterocycles. The summed E-state index contributed by atoms with van der Waals surface area (Å²) < 4.78 is 15.4. The maximum absolute atomic E-state index is 13.2. The molecule has 2 heterocycles. The summed E-state index contributed by atoms with van der Waals surface area (Å²) >= 11 is 0. The molecule has 162 valence electrons. The average Bonchev–Trinajstić information content (AvgIpc) is 3.13. The normalized spacial score (nSPS) is 16.3. The predicted octanol–water partition coefficient (Wildman–Crippen LogP) is 4.54. The van der Waals surface area contributed by atoms with Crippen LogP contribution in [0.2, 0.25) is 0 Å². The number of urea groups is 1. The lowest BCUT2D eigenvalue weighted by Crippen LogP contribution is -2.45. The van der Waals surface area contributed by atoms with Gasteiger partial charge in [-0.05, 0) is 48.9 Å². The minimum Gasteiger partial charge on any atom is -0.334 e.